The van der Waals surface area contributed by atoms with Gasteiger partial charge in [-0.1, -0.05) is 0 Å². The molecule has 0 bridgehead atoms. The molecule has 0 atom stereocenters. The quantitative estimate of drug-likeness (QED) is 0.391. The Morgan fingerprint density at radius 3 is 2.42 bits per heavy atom. The monoisotopic (exact) mass is 289 g/mol. The summed E-state index contributed by atoms with van der Waals surface area (Å²) in [7, 11) is -4.67. The van der Waals surface area contributed by atoms with Crippen LogP contribution in [0.5, 0.6) is 5.75 Å². The molecule has 1 aromatic carbocycles. The van der Waals surface area contributed by atoms with Gasteiger partial charge in [0.2, 0.25) is 0 Å². The van der Waals surface area contributed by atoms with Crippen LogP contribution in [0.25, 0.3) is 10.9 Å². The van der Waals surface area contributed by atoms with Gasteiger partial charge in [0.05, 0.1) is 4.90 Å². The summed E-state index contributed by atoms with van der Waals surface area (Å²) in [5.41, 5.74) is -0.00197. The number of carbonyl (C=O) groups is 1. The van der Waals surface area contributed by atoms with Gasteiger partial charge in [0.25, 0.3) is 0 Å². The molecule has 0 radical (unpaired) electrons. The smallest absolute Gasteiger partial charge is 0.744 e. The molecular weight excluding hydrogens is 281 g/mol. The Kier molecular flexibility index (Phi) is 4.70. The van der Waals surface area contributed by atoms with Crippen LogP contribution < -0.4 is 29.6 Å². The van der Waals surface area contributed by atoms with E-state index in [1.807, 2.05) is 0 Å². The Labute approximate surface area is 131 Å². The number of aromatic hydroxyl groups is 1. The fraction of sp³-hybridized carbons (Fsp3) is 0.0909. The molecule has 0 aliphatic rings. The van der Waals surface area contributed by atoms with Gasteiger partial charge < -0.3 is 9.66 Å². The fourth-order valence-electron chi connectivity index (χ4n) is 1.59. The van der Waals surface area contributed by atoms with Gasteiger partial charge in [-0.2, -0.15) is 0 Å². The normalized spacial score (nSPS) is 11.1. The van der Waals surface area contributed by atoms with Crippen LogP contribution in [0.4, 0.5) is 0 Å². The molecule has 0 amide bonds. The van der Waals surface area contributed by atoms with Crippen LogP contribution >= 0.6 is 0 Å². The first-order valence-electron chi connectivity index (χ1n) is 4.90. The van der Waals surface area contributed by atoms with Gasteiger partial charge in [-0.25, -0.2) is 13.4 Å². The maximum Gasteiger partial charge on any atom is 1.00 e. The van der Waals surface area contributed by atoms with Crippen molar-refractivity contribution in [2.24, 2.45) is 0 Å². The van der Waals surface area contributed by atoms with Crippen LogP contribution in [0, 0.1) is 0 Å². The van der Waals surface area contributed by atoms with Gasteiger partial charge in [0.1, 0.15) is 27.1 Å². The van der Waals surface area contributed by atoms with Crippen LogP contribution in [-0.2, 0) is 10.1 Å². The van der Waals surface area contributed by atoms with Crippen molar-refractivity contribution in [1.82, 2.24) is 4.98 Å². The number of phenols is 1. The molecule has 0 fully saturated rings. The van der Waals surface area contributed by atoms with Crippen LogP contribution in [0.3, 0.4) is 0 Å². The fourth-order valence-corrected chi connectivity index (χ4v) is 2.26. The van der Waals surface area contributed by atoms with Gasteiger partial charge in [0, 0.05) is 12.3 Å². The molecule has 0 spiro atoms. The predicted octanol–water partition coefficient (Wildman–Crippen LogP) is -1.95. The van der Waals surface area contributed by atoms with Crippen molar-refractivity contribution in [3.63, 3.8) is 0 Å². The molecule has 19 heavy (non-hydrogen) atoms. The average molecular weight is 289 g/mol. The van der Waals surface area contributed by atoms with E-state index in [-0.39, 0.29) is 57.7 Å². The van der Waals surface area contributed by atoms with Crippen molar-refractivity contribution in [1.29, 1.82) is 0 Å². The number of carbonyl (C=O) groups excluding carboxylic acids is 1. The third-order valence-electron chi connectivity index (χ3n) is 2.43. The van der Waals surface area contributed by atoms with Crippen LogP contribution in [-0.4, -0.2) is 28.8 Å². The summed E-state index contributed by atoms with van der Waals surface area (Å²) in [5, 5.41) is 9.59. The van der Waals surface area contributed by atoms with Gasteiger partial charge in [-0.3, -0.25) is 4.79 Å². The molecule has 94 valence electrons. The average Bonchev–Trinajstić information content (AvgIpc) is 2.27. The molecule has 0 unspecified atom stereocenters. The number of pyridine rings is 1. The number of aromatic nitrogens is 1. The Balaban J connectivity index is 0.00000180. The van der Waals surface area contributed by atoms with E-state index in [4.69, 9.17) is 0 Å². The molecule has 0 saturated heterocycles. The molecule has 2 aromatic rings. The zero-order valence-electron chi connectivity index (χ0n) is 10.2. The maximum atomic E-state index is 11.2. The summed E-state index contributed by atoms with van der Waals surface area (Å²) in [6.45, 7) is 1.29. The van der Waals surface area contributed by atoms with Crippen molar-refractivity contribution in [2.45, 2.75) is 11.8 Å². The van der Waals surface area contributed by atoms with Crippen molar-refractivity contribution in [2.75, 3.05) is 0 Å². The maximum absolute atomic E-state index is 11.2. The second kappa shape index (κ2) is 5.56. The third kappa shape index (κ3) is 3.13. The second-order valence-corrected chi connectivity index (χ2v) is 5.03. The van der Waals surface area contributed by atoms with Crippen LogP contribution in [0.1, 0.15) is 17.4 Å². The van der Waals surface area contributed by atoms with E-state index >= 15 is 0 Å². The minimum atomic E-state index is -4.67. The summed E-state index contributed by atoms with van der Waals surface area (Å²) in [6.07, 6.45) is 0. The molecular formula is C11H8NNaO5S. The largest absolute Gasteiger partial charge is 1.00 e. The molecule has 6 nitrogen and oxygen atoms in total. The van der Waals surface area contributed by atoms with E-state index in [0.29, 0.717) is 0 Å². The Bertz CT molecular complexity index is 757. The molecule has 1 N–H and O–H groups in total. The minimum Gasteiger partial charge on any atom is -0.744 e. The van der Waals surface area contributed by atoms with E-state index in [0.717, 1.165) is 12.1 Å². The van der Waals surface area contributed by atoms with E-state index < -0.39 is 15.0 Å². The van der Waals surface area contributed by atoms with Gasteiger partial charge in [0.15, 0.2) is 5.78 Å². The number of benzene rings is 1. The molecule has 8 heteroatoms. The molecule has 0 aliphatic heterocycles. The first-order chi connectivity index (χ1) is 8.30. The van der Waals surface area contributed by atoms with Crippen LogP contribution in [0.15, 0.2) is 29.2 Å². The summed E-state index contributed by atoms with van der Waals surface area (Å²) in [5.74, 6) is -0.618. The Morgan fingerprint density at radius 1 is 1.26 bits per heavy atom. The van der Waals surface area contributed by atoms with E-state index in [9.17, 15) is 22.9 Å². The molecule has 2 rings (SSSR count). The second-order valence-electron chi connectivity index (χ2n) is 3.69. The van der Waals surface area contributed by atoms with E-state index in [2.05, 4.69) is 4.98 Å². The molecule has 0 saturated carbocycles. The standard InChI is InChI=1S/C11H9NO5S.Na/c1-6(13)8-3-2-7-10(18(15,16)17)5-4-9(14)11(7)12-8;/h2-5,14H,1H3,(H,15,16,17);/q;+1/p-1. The zero-order chi connectivity index (χ0) is 13.5. The van der Waals surface area contributed by atoms with Crippen molar-refractivity contribution >= 4 is 26.8 Å². The summed E-state index contributed by atoms with van der Waals surface area (Å²) < 4.78 is 33.1. The number of rotatable bonds is 2. The molecule has 1 heterocycles. The number of fused-ring (bicyclic) bond motifs is 1. The molecule has 1 aromatic heterocycles. The summed E-state index contributed by atoms with van der Waals surface area (Å²) in [6, 6.07) is 4.65. The van der Waals surface area contributed by atoms with E-state index in [1.54, 1.807) is 0 Å². The van der Waals surface area contributed by atoms with Crippen molar-refractivity contribution in [3.8, 4) is 5.75 Å². The number of Topliss-reactive ketones (excluding diaryl/α,β-unsaturated/α-hetero) is 1. The topological polar surface area (TPSA) is 107 Å². The number of nitrogens with zero attached hydrogens (tertiary/aromatic N) is 1. The van der Waals surface area contributed by atoms with Gasteiger partial charge in [-0.05, 0) is 24.3 Å². The van der Waals surface area contributed by atoms with Gasteiger partial charge >= 0.3 is 29.6 Å². The third-order valence-corrected chi connectivity index (χ3v) is 3.32. The number of phenolic OH excluding ortho intramolecular Hbond substituents is 1. The molecule has 0 aliphatic carbocycles. The number of hydrogen-bond donors (Lipinski definition) is 1. The van der Waals surface area contributed by atoms with Crippen molar-refractivity contribution in [3.05, 3.63) is 30.0 Å². The Morgan fingerprint density at radius 2 is 1.89 bits per heavy atom. The van der Waals surface area contributed by atoms with Crippen molar-refractivity contribution < 1.29 is 52.4 Å². The first-order valence-corrected chi connectivity index (χ1v) is 6.31. The summed E-state index contributed by atoms with van der Waals surface area (Å²) >= 11 is 0. The predicted molar refractivity (Wildman–Crippen MR) is 61.4 cm³/mol. The SMILES string of the molecule is CC(=O)c1ccc2c(S(=O)(=O)[O-])ccc(O)c2n1.[Na+]. The Hall–Kier alpha value is -0.990. The van der Waals surface area contributed by atoms with E-state index in [1.165, 1.54) is 19.1 Å². The van der Waals surface area contributed by atoms with Gasteiger partial charge in [-0.15, -0.1) is 0 Å². The number of hydrogen-bond acceptors (Lipinski definition) is 6. The number of ketones is 1. The summed E-state index contributed by atoms with van der Waals surface area (Å²) in [4.78, 5) is 14.5. The zero-order valence-corrected chi connectivity index (χ0v) is 13.1. The van der Waals surface area contributed by atoms with Crippen LogP contribution in [0.2, 0.25) is 0 Å². The first kappa shape index (κ1) is 16.1. The minimum absolute atomic E-state index is 0.